The number of aromatic nitrogens is 2. The zero-order chi connectivity index (χ0) is 19.9. The summed E-state index contributed by atoms with van der Waals surface area (Å²) in [6.07, 6.45) is 24.6. The van der Waals surface area contributed by atoms with E-state index in [9.17, 15) is 0 Å². The first-order valence-electron chi connectivity index (χ1n) is 12.2. The molecule has 2 nitrogen and oxygen atoms in total. The maximum atomic E-state index is 2.49. The van der Waals surface area contributed by atoms with Crippen molar-refractivity contribution in [3.8, 4) is 0 Å². The summed E-state index contributed by atoms with van der Waals surface area (Å²) in [5.74, 6) is 2.08. The fourth-order valence-corrected chi connectivity index (χ4v) is 4.19. The highest BCUT2D eigenvalue weighted by molar-refractivity contribution is 4.91. The lowest BCUT2D eigenvalue weighted by molar-refractivity contribution is -0.705. The van der Waals surface area contributed by atoms with Crippen molar-refractivity contribution in [3.63, 3.8) is 0 Å². The Morgan fingerprint density at radius 2 is 1.15 bits per heavy atom. The summed E-state index contributed by atoms with van der Waals surface area (Å²) < 4.78 is 4.93. The molecule has 1 aromatic rings. The van der Waals surface area contributed by atoms with E-state index in [0.717, 1.165) is 0 Å². The van der Waals surface area contributed by atoms with Crippen LogP contribution in [0, 0.1) is 0 Å². The molecular weight excluding hydrogens is 328 g/mol. The Bertz CT molecular complexity index is 459. The molecule has 2 heteroatoms. The summed E-state index contributed by atoms with van der Waals surface area (Å²) in [7, 11) is 0. The topological polar surface area (TPSA) is 8.81 Å². The largest absolute Gasteiger partial charge is 0.259 e. The van der Waals surface area contributed by atoms with Crippen LogP contribution in [0.1, 0.15) is 142 Å². The van der Waals surface area contributed by atoms with E-state index in [4.69, 9.17) is 0 Å². The first-order valence-corrected chi connectivity index (χ1v) is 12.2. The first-order chi connectivity index (χ1) is 13.1. The molecule has 1 aromatic heterocycles. The van der Waals surface area contributed by atoms with Crippen molar-refractivity contribution in [2.75, 3.05) is 0 Å². The number of unbranched alkanes of at least 4 members (excludes halogenated alkanes) is 13. The zero-order valence-electron chi connectivity index (χ0n) is 19.3. The molecule has 0 N–H and O–H groups in total. The van der Waals surface area contributed by atoms with Crippen LogP contribution in [0.25, 0.3) is 0 Å². The Hall–Kier alpha value is -0.790. The van der Waals surface area contributed by atoms with Crippen LogP contribution in [-0.4, -0.2) is 4.57 Å². The van der Waals surface area contributed by atoms with Gasteiger partial charge in [-0.1, -0.05) is 97.8 Å². The number of nitrogens with zero attached hydrogens (tertiary/aromatic N) is 2. The van der Waals surface area contributed by atoms with Crippen molar-refractivity contribution in [3.05, 3.63) is 18.2 Å². The van der Waals surface area contributed by atoms with Crippen molar-refractivity contribution in [1.29, 1.82) is 0 Å². The maximum Gasteiger partial charge on any atom is 0.259 e. The Labute approximate surface area is 170 Å². The molecule has 0 atom stereocenters. The number of aryl methyl sites for hydroxylation is 1. The van der Waals surface area contributed by atoms with Crippen LogP contribution < -0.4 is 4.57 Å². The van der Waals surface area contributed by atoms with Crippen molar-refractivity contribution in [2.24, 2.45) is 0 Å². The van der Waals surface area contributed by atoms with E-state index in [1.165, 1.54) is 102 Å². The number of rotatable bonds is 17. The van der Waals surface area contributed by atoms with Crippen LogP contribution in [0.3, 0.4) is 0 Å². The fourth-order valence-electron chi connectivity index (χ4n) is 4.19. The summed E-state index contributed by atoms with van der Waals surface area (Å²) in [4.78, 5) is 0. The molecule has 0 spiro atoms. The summed E-state index contributed by atoms with van der Waals surface area (Å²) in [6.45, 7) is 12.7. The van der Waals surface area contributed by atoms with Gasteiger partial charge in [-0.15, -0.1) is 0 Å². The van der Waals surface area contributed by atoms with Gasteiger partial charge in [0.05, 0.1) is 18.5 Å². The van der Waals surface area contributed by atoms with Gasteiger partial charge in [0.25, 0.3) is 5.82 Å². The van der Waals surface area contributed by atoms with E-state index < -0.39 is 0 Å². The second-order valence-corrected chi connectivity index (χ2v) is 9.10. The number of hydrogen-bond acceptors (Lipinski definition) is 0. The standard InChI is InChI=1S/C25H49N2/c1-6-7-8-9-10-11-12-13-14-15-16-17-18-19-20-26-21-22-27(24(4)5)25(26)23(2)3/h21-24H,6-20H2,1-5H3/q+1. The summed E-state index contributed by atoms with van der Waals surface area (Å²) in [5.41, 5.74) is 0. The van der Waals surface area contributed by atoms with Gasteiger partial charge in [0, 0.05) is 0 Å². The van der Waals surface area contributed by atoms with Crippen LogP contribution in [0.15, 0.2) is 12.4 Å². The van der Waals surface area contributed by atoms with Crippen molar-refractivity contribution in [2.45, 2.75) is 143 Å². The first kappa shape index (κ1) is 24.2. The van der Waals surface area contributed by atoms with Gasteiger partial charge in [0.2, 0.25) is 0 Å². The minimum Gasteiger partial charge on any atom is -0.234 e. The van der Waals surface area contributed by atoms with Crippen LogP contribution in [0.5, 0.6) is 0 Å². The average Bonchev–Trinajstić information content (AvgIpc) is 3.06. The predicted molar refractivity (Wildman–Crippen MR) is 119 cm³/mol. The zero-order valence-corrected chi connectivity index (χ0v) is 19.3. The third-order valence-electron chi connectivity index (χ3n) is 5.79. The van der Waals surface area contributed by atoms with Crippen LogP contribution in [0.2, 0.25) is 0 Å². The lowest BCUT2D eigenvalue weighted by Crippen LogP contribution is -2.38. The normalized spacial score (nSPS) is 11.8. The molecule has 0 saturated carbocycles. The molecule has 0 aliphatic rings. The smallest absolute Gasteiger partial charge is 0.234 e. The molecule has 0 bridgehead atoms. The van der Waals surface area contributed by atoms with E-state index in [1.54, 1.807) is 0 Å². The third-order valence-corrected chi connectivity index (χ3v) is 5.79. The predicted octanol–water partition coefficient (Wildman–Crippen LogP) is 7.96. The molecular formula is C25H49N2+. The van der Waals surface area contributed by atoms with Gasteiger partial charge in [-0.25, -0.2) is 9.13 Å². The van der Waals surface area contributed by atoms with Crippen molar-refractivity contribution < 1.29 is 4.57 Å². The van der Waals surface area contributed by atoms with Gasteiger partial charge in [-0.05, 0) is 26.7 Å². The van der Waals surface area contributed by atoms with E-state index in [1.807, 2.05) is 0 Å². The monoisotopic (exact) mass is 377 g/mol. The minimum atomic E-state index is 0.556. The molecule has 1 heterocycles. The summed E-state index contributed by atoms with van der Waals surface area (Å²) in [6, 6.07) is 0.556. The lowest BCUT2D eigenvalue weighted by atomic mass is 10.0. The van der Waals surface area contributed by atoms with Gasteiger partial charge in [-0.2, -0.15) is 0 Å². The van der Waals surface area contributed by atoms with Crippen molar-refractivity contribution in [1.82, 2.24) is 4.57 Å². The summed E-state index contributed by atoms with van der Waals surface area (Å²) in [5, 5.41) is 0. The maximum absolute atomic E-state index is 2.49. The Morgan fingerprint density at radius 1 is 0.704 bits per heavy atom. The van der Waals surface area contributed by atoms with E-state index in [2.05, 4.69) is 56.1 Å². The molecule has 0 radical (unpaired) electrons. The molecule has 0 aliphatic carbocycles. The minimum absolute atomic E-state index is 0.556. The molecule has 27 heavy (non-hydrogen) atoms. The highest BCUT2D eigenvalue weighted by Gasteiger charge is 2.21. The molecule has 0 amide bonds. The average molecular weight is 378 g/mol. The van der Waals surface area contributed by atoms with Crippen LogP contribution in [0.4, 0.5) is 0 Å². The second-order valence-electron chi connectivity index (χ2n) is 9.10. The molecule has 0 aliphatic heterocycles. The highest BCUT2D eigenvalue weighted by Crippen LogP contribution is 2.16. The van der Waals surface area contributed by atoms with Gasteiger partial charge < -0.3 is 0 Å². The molecule has 0 fully saturated rings. The molecule has 1 rings (SSSR count). The number of hydrogen-bond donors (Lipinski definition) is 0. The SMILES string of the molecule is CCCCCCCCCCCCCCCC[n+]1ccn(C(C)C)c1C(C)C. The van der Waals surface area contributed by atoms with Gasteiger partial charge in [0.1, 0.15) is 12.4 Å². The third kappa shape index (κ3) is 10.4. The van der Waals surface area contributed by atoms with Gasteiger partial charge in [-0.3, -0.25) is 0 Å². The molecule has 0 unspecified atom stereocenters. The fraction of sp³-hybridized carbons (Fsp3) is 0.880. The Kier molecular flexibility index (Phi) is 13.6. The molecule has 0 aromatic carbocycles. The van der Waals surface area contributed by atoms with Crippen molar-refractivity contribution >= 4 is 0 Å². The molecule has 158 valence electrons. The Balaban J connectivity index is 2.01. The van der Waals surface area contributed by atoms with E-state index in [-0.39, 0.29) is 0 Å². The Morgan fingerprint density at radius 3 is 1.56 bits per heavy atom. The molecule has 0 saturated heterocycles. The van der Waals surface area contributed by atoms with Crippen LogP contribution in [-0.2, 0) is 6.54 Å². The second kappa shape index (κ2) is 15.2. The van der Waals surface area contributed by atoms with E-state index >= 15 is 0 Å². The summed E-state index contributed by atoms with van der Waals surface area (Å²) >= 11 is 0. The van der Waals surface area contributed by atoms with E-state index in [0.29, 0.717) is 12.0 Å². The highest BCUT2D eigenvalue weighted by atomic mass is 15.2. The quantitative estimate of drug-likeness (QED) is 0.192. The lowest BCUT2D eigenvalue weighted by Gasteiger charge is -2.10. The van der Waals surface area contributed by atoms with Crippen LogP contribution >= 0.6 is 0 Å². The number of imidazole rings is 1. The van der Waals surface area contributed by atoms with Gasteiger partial charge in [0.15, 0.2) is 0 Å². The van der Waals surface area contributed by atoms with Gasteiger partial charge >= 0.3 is 0 Å².